The Morgan fingerprint density at radius 3 is 2.69 bits per heavy atom. The second-order valence-electron chi connectivity index (χ2n) is 5.03. The van der Waals surface area contributed by atoms with Crippen LogP contribution in [0.1, 0.15) is 56.6 Å². The third-order valence-electron chi connectivity index (χ3n) is 3.32. The Kier molecular flexibility index (Phi) is 3.59. The lowest BCUT2D eigenvalue weighted by atomic mass is 9.89. The van der Waals surface area contributed by atoms with Gasteiger partial charge in [0.05, 0.1) is 0 Å². The number of hydrogen-bond donors (Lipinski definition) is 1. The molecule has 90 valence electrons. The van der Waals surface area contributed by atoms with Gasteiger partial charge in [0.2, 0.25) is 0 Å². The molecule has 1 heterocycles. The van der Waals surface area contributed by atoms with Crippen molar-refractivity contribution in [1.82, 2.24) is 14.8 Å². The lowest BCUT2D eigenvalue weighted by Crippen LogP contribution is -2.18. The molecular weight excluding hydrogens is 200 g/mol. The van der Waals surface area contributed by atoms with Crippen LogP contribution in [0, 0.1) is 0 Å². The molecule has 0 saturated heterocycles. The van der Waals surface area contributed by atoms with Crippen molar-refractivity contribution >= 4 is 0 Å². The van der Waals surface area contributed by atoms with E-state index in [1.165, 1.54) is 32.1 Å². The molecule has 1 aromatic rings. The molecule has 0 radical (unpaired) electrons. The molecule has 16 heavy (non-hydrogen) atoms. The highest BCUT2D eigenvalue weighted by Gasteiger charge is 2.21. The van der Waals surface area contributed by atoms with Gasteiger partial charge in [0, 0.05) is 25.4 Å². The van der Waals surface area contributed by atoms with Gasteiger partial charge in [-0.2, -0.15) is 5.10 Å². The summed E-state index contributed by atoms with van der Waals surface area (Å²) in [5.74, 6) is 2.68. The number of nitrogens with two attached hydrogens (primary N) is 1. The van der Waals surface area contributed by atoms with Crippen LogP contribution >= 0.6 is 0 Å². The highest BCUT2D eigenvalue weighted by molar-refractivity contribution is 5.02. The zero-order valence-corrected chi connectivity index (χ0v) is 10.3. The van der Waals surface area contributed by atoms with E-state index >= 15 is 0 Å². The van der Waals surface area contributed by atoms with E-state index in [-0.39, 0.29) is 6.04 Å². The van der Waals surface area contributed by atoms with Gasteiger partial charge in [-0.3, -0.25) is 4.68 Å². The molecule has 1 fully saturated rings. The predicted octanol–water partition coefficient (Wildman–Crippen LogP) is 1.75. The summed E-state index contributed by atoms with van der Waals surface area (Å²) in [7, 11) is 2.00. The van der Waals surface area contributed by atoms with Crippen LogP contribution in [-0.4, -0.2) is 20.8 Å². The molecule has 1 saturated carbocycles. The minimum Gasteiger partial charge on any atom is -0.328 e. The lowest BCUT2D eigenvalue weighted by Gasteiger charge is -2.20. The van der Waals surface area contributed by atoms with Crippen molar-refractivity contribution in [3.8, 4) is 0 Å². The second-order valence-corrected chi connectivity index (χ2v) is 5.03. The maximum atomic E-state index is 5.77. The molecule has 2 N–H and O–H groups in total. The summed E-state index contributed by atoms with van der Waals surface area (Å²) < 4.78 is 1.95. The fourth-order valence-electron chi connectivity index (χ4n) is 2.54. The first-order chi connectivity index (χ1) is 7.66. The van der Waals surface area contributed by atoms with Crippen LogP contribution < -0.4 is 5.73 Å². The minimum atomic E-state index is 0.140. The van der Waals surface area contributed by atoms with E-state index in [0.29, 0.717) is 5.92 Å². The maximum absolute atomic E-state index is 5.77. The summed E-state index contributed by atoms with van der Waals surface area (Å²) in [5, 5.41) is 4.45. The molecular formula is C12H22N4. The summed E-state index contributed by atoms with van der Waals surface area (Å²) in [6, 6.07) is 0.140. The van der Waals surface area contributed by atoms with Gasteiger partial charge >= 0.3 is 0 Å². The fraction of sp³-hybridized carbons (Fsp3) is 0.833. The smallest absolute Gasteiger partial charge is 0.152 e. The summed E-state index contributed by atoms with van der Waals surface area (Å²) in [6.07, 6.45) is 7.36. The van der Waals surface area contributed by atoms with Gasteiger partial charge in [-0.15, -0.1) is 0 Å². The molecule has 0 spiro atoms. The average Bonchev–Trinajstić information content (AvgIpc) is 2.60. The van der Waals surface area contributed by atoms with Crippen LogP contribution in [0.4, 0.5) is 0 Å². The van der Waals surface area contributed by atoms with Crippen molar-refractivity contribution in [2.24, 2.45) is 12.8 Å². The summed E-state index contributed by atoms with van der Waals surface area (Å²) >= 11 is 0. The SMILES string of the molecule is CC(N)Cc1nc(C2CCCCC2)n(C)n1. The fourth-order valence-corrected chi connectivity index (χ4v) is 2.54. The van der Waals surface area contributed by atoms with Crippen molar-refractivity contribution in [3.05, 3.63) is 11.6 Å². The highest BCUT2D eigenvalue weighted by atomic mass is 15.3. The van der Waals surface area contributed by atoms with Gasteiger partial charge in [-0.05, 0) is 19.8 Å². The number of nitrogens with zero attached hydrogens (tertiary/aromatic N) is 3. The van der Waals surface area contributed by atoms with Crippen molar-refractivity contribution in [2.45, 2.75) is 57.4 Å². The Morgan fingerprint density at radius 2 is 2.06 bits per heavy atom. The third kappa shape index (κ3) is 2.61. The van der Waals surface area contributed by atoms with E-state index in [1.54, 1.807) is 0 Å². The molecule has 0 aliphatic heterocycles. The van der Waals surface area contributed by atoms with Crippen LogP contribution in [0.5, 0.6) is 0 Å². The molecule has 0 aromatic carbocycles. The van der Waals surface area contributed by atoms with Crippen LogP contribution in [0.3, 0.4) is 0 Å². The van der Waals surface area contributed by atoms with Crippen LogP contribution in [0.2, 0.25) is 0 Å². The molecule has 4 nitrogen and oxygen atoms in total. The van der Waals surface area contributed by atoms with E-state index < -0.39 is 0 Å². The summed E-state index contributed by atoms with van der Waals surface area (Å²) in [4.78, 5) is 4.65. The summed E-state index contributed by atoms with van der Waals surface area (Å²) in [5.41, 5.74) is 5.77. The monoisotopic (exact) mass is 222 g/mol. The van der Waals surface area contributed by atoms with Gasteiger partial charge in [-0.1, -0.05) is 19.3 Å². The predicted molar refractivity (Wildman–Crippen MR) is 64.2 cm³/mol. The van der Waals surface area contributed by atoms with Crippen LogP contribution in [0.15, 0.2) is 0 Å². The maximum Gasteiger partial charge on any atom is 0.152 e. The second kappa shape index (κ2) is 4.95. The quantitative estimate of drug-likeness (QED) is 0.847. The Hall–Kier alpha value is -0.900. The lowest BCUT2D eigenvalue weighted by molar-refractivity contribution is 0.417. The summed E-state index contributed by atoms with van der Waals surface area (Å²) in [6.45, 7) is 2.00. The Bertz CT molecular complexity index is 337. The zero-order chi connectivity index (χ0) is 11.5. The molecule has 1 unspecified atom stereocenters. The first-order valence-corrected chi connectivity index (χ1v) is 6.32. The third-order valence-corrected chi connectivity index (χ3v) is 3.32. The van der Waals surface area contributed by atoms with Gasteiger partial charge in [0.1, 0.15) is 5.82 Å². The van der Waals surface area contributed by atoms with E-state index in [9.17, 15) is 0 Å². The van der Waals surface area contributed by atoms with E-state index in [1.807, 2.05) is 18.7 Å². The van der Waals surface area contributed by atoms with Crippen molar-refractivity contribution in [1.29, 1.82) is 0 Å². The molecule has 1 aromatic heterocycles. The molecule has 4 heteroatoms. The van der Waals surface area contributed by atoms with Gasteiger partial charge in [0.15, 0.2) is 5.82 Å². The van der Waals surface area contributed by atoms with Crippen LogP contribution in [-0.2, 0) is 13.5 Å². The number of aryl methyl sites for hydroxylation is 1. The largest absolute Gasteiger partial charge is 0.328 e. The minimum absolute atomic E-state index is 0.140. The van der Waals surface area contributed by atoms with E-state index in [0.717, 1.165) is 18.1 Å². The van der Waals surface area contributed by atoms with Crippen molar-refractivity contribution < 1.29 is 0 Å². The number of rotatable bonds is 3. The molecule has 0 bridgehead atoms. The molecule has 1 atom stereocenters. The van der Waals surface area contributed by atoms with Gasteiger partial charge in [0.25, 0.3) is 0 Å². The Balaban J connectivity index is 2.10. The van der Waals surface area contributed by atoms with Gasteiger partial charge in [-0.25, -0.2) is 4.98 Å². The molecule has 1 aliphatic carbocycles. The average molecular weight is 222 g/mol. The topological polar surface area (TPSA) is 56.7 Å². The van der Waals surface area contributed by atoms with E-state index in [2.05, 4.69) is 10.1 Å². The zero-order valence-electron chi connectivity index (χ0n) is 10.3. The molecule has 1 aliphatic rings. The van der Waals surface area contributed by atoms with Crippen molar-refractivity contribution in [2.75, 3.05) is 0 Å². The Labute approximate surface area is 97.2 Å². The van der Waals surface area contributed by atoms with Gasteiger partial charge < -0.3 is 5.73 Å². The number of aromatic nitrogens is 3. The number of hydrogen-bond acceptors (Lipinski definition) is 3. The standard InChI is InChI=1S/C12H22N4/c1-9(13)8-11-14-12(16(2)15-11)10-6-4-3-5-7-10/h9-10H,3-8,13H2,1-2H3. The van der Waals surface area contributed by atoms with E-state index in [4.69, 9.17) is 5.73 Å². The molecule has 0 amide bonds. The van der Waals surface area contributed by atoms with Crippen molar-refractivity contribution in [3.63, 3.8) is 0 Å². The molecule has 2 rings (SSSR count). The Morgan fingerprint density at radius 1 is 1.38 bits per heavy atom. The first-order valence-electron chi connectivity index (χ1n) is 6.32. The normalized spacial score (nSPS) is 19.9. The highest BCUT2D eigenvalue weighted by Crippen LogP contribution is 2.31. The first kappa shape index (κ1) is 11.6. The van der Waals surface area contributed by atoms with Crippen LogP contribution in [0.25, 0.3) is 0 Å².